The van der Waals surface area contributed by atoms with E-state index in [0.717, 1.165) is 35.7 Å². The van der Waals surface area contributed by atoms with Crippen LogP contribution >= 0.6 is 0 Å². The van der Waals surface area contributed by atoms with E-state index in [1.807, 2.05) is 41.3 Å². The standard InChI is InChI=1S/C25H26N6O3/c1-27-15-18(14-26)25(32)30-11-4-6-19(30)10-12-33-24-9-8-23-28-16-20(31(23)29-24)22-13-17-5-2-3-7-21(17)34-22/h2-3,5,7-9,13-16,18-19,26H,4,6,10-12H2,1H3. The number of hydrogen-bond acceptors (Lipinski definition) is 7. The zero-order chi connectivity index (χ0) is 23.5. The Morgan fingerprint density at radius 1 is 1.35 bits per heavy atom. The van der Waals surface area contributed by atoms with Crippen LogP contribution in [0.4, 0.5) is 0 Å². The van der Waals surface area contributed by atoms with E-state index in [1.54, 1.807) is 23.8 Å². The fourth-order valence-corrected chi connectivity index (χ4v) is 4.47. The lowest BCUT2D eigenvalue weighted by atomic mass is 10.1. The normalized spacial score (nSPS) is 17.1. The molecular weight excluding hydrogens is 432 g/mol. The Bertz CT molecular complexity index is 1320. The predicted octanol–water partition coefficient (Wildman–Crippen LogP) is 3.87. The lowest BCUT2D eigenvalue weighted by molar-refractivity contribution is -0.132. The monoisotopic (exact) mass is 458 g/mol. The van der Waals surface area contributed by atoms with Gasteiger partial charge in [0.1, 0.15) is 17.2 Å². The molecule has 1 saturated heterocycles. The van der Waals surface area contributed by atoms with Crippen LogP contribution in [-0.4, -0.2) is 64.1 Å². The number of nitrogens with one attached hydrogen (secondary N) is 1. The number of aliphatic imine (C=N–C) groups is 1. The molecule has 2 unspecified atom stereocenters. The van der Waals surface area contributed by atoms with Crippen molar-refractivity contribution in [2.45, 2.75) is 25.3 Å². The first kappa shape index (κ1) is 21.8. The van der Waals surface area contributed by atoms with Gasteiger partial charge in [0, 0.05) is 49.9 Å². The van der Waals surface area contributed by atoms with E-state index >= 15 is 0 Å². The van der Waals surface area contributed by atoms with E-state index in [2.05, 4.69) is 15.1 Å². The zero-order valence-corrected chi connectivity index (χ0v) is 18.9. The molecule has 9 heteroatoms. The van der Waals surface area contributed by atoms with Gasteiger partial charge in [-0.3, -0.25) is 9.79 Å². The first-order valence-electron chi connectivity index (χ1n) is 11.4. The maximum absolute atomic E-state index is 12.8. The molecule has 1 aliphatic rings. The van der Waals surface area contributed by atoms with E-state index < -0.39 is 5.92 Å². The summed E-state index contributed by atoms with van der Waals surface area (Å²) in [5.74, 6) is 0.495. The molecule has 1 aromatic carbocycles. The number of rotatable bonds is 8. The molecule has 4 heterocycles. The van der Waals surface area contributed by atoms with Crippen molar-refractivity contribution in [3.8, 4) is 17.3 Å². The molecular formula is C25H26N6O3. The van der Waals surface area contributed by atoms with Gasteiger partial charge >= 0.3 is 0 Å². The summed E-state index contributed by atoms with van der Waals surface area (Å²) in [6.45, 7) is 1.13. The van der Waals surface area contributed by atoms with Crippen molar-refractivity contribution >= 4 is 35.0 Å². The summed E-state index contributed by atoms with van der Waals surface area (Å²) in [6.07, 6.45) is 6.97. The van der Waals surface area contributed by atoms with Gasteiger partial charge in [0.2, 0.25) is 11.8 Å². The Labute approximate surface area is 196 Å². The second-order valence-corrected chi connectivity index (χ2v) is 8.30. The summed E-state index contributed by atoms with van der Waals surface area (Å²) in [7, 11) is 1.61. The Balaban J connectivity index is 1.28. The first-order valence-corrected chi connectivity index (χ1v) is 11.4. The van der Waals surface area contributed by atoms with Gasteiger partial charge in [-0.2, -0.15) is 0 Å². The van der Waals surface area contributed by atoms with Gasteiger partial charge in [-0.1, -0.05) is 18.2 Å². The first-order chi connectivity index (χ1) is 16.7. The molecule has 0 spiro atoms. The van der Waals surface area contributed by atoms with E-state index in [4.69, 9.17) is 14.6 Å². The fourth-order valence-electron chi connectivity index (χ4n) is 4.47. The smallest absolute Gasteiger partial charge is 0.236 e. The van der Waals surface area contributed by atoms with Crippen LogP contribution in [0.1, 0.15) is 19.3 Å². The Kier molecular flexibility index (Phi) is 6.07. The van der Waals surface area contributed by atoms with Crippen molar-refractivity contribution in [1.82, 2.24) is 19.5 Å². The Morgan fingerprint density at radius 2 is 2.24 bits per heavy atom. The molecule has 5 rings (SSSR count). The van der Waals surface area contributed by atoms with Crippen LogP contribution in [0.15, 0.2) is 58.1 Å². The second kappa shape index (κ2) is 9.46. The number of aromatic nitrogens is 3. The molecule has 9 nitrogen and oxygen atoms in total. The molecule has 2 atom stereocenters. The highest BCUT2D eigenvalue weighted by Gasteiger charge is 2.31. The summed E-state index contributed by atoms with van der Waals surface area (Å²) in [5.41, 5.74) is 2.26. The zero-order valence-electron chi connectivity index (χ0n) is 18.9. The molecule has 3 aromatic heterocycles. The van der Waals surface area contributed by atoms with Gasteiger partial charge in [0.05, 0.1) is 12.8 Å². The molecule has 0 aliphatic carbocycles. The maximum Gasteiger partial charge on any atom is 0.236 e. The van der Waals surface area contributed by atoms with Crippen molar-refractivity contribution in [1.29, 1.82) is 5.41 Å². The number of furan rings is 1. The van der Waals surface area contributed by atoms with Gasteiger partial charge in [0.15, 0.2) is 11.4 Å². The number of carbonyl (C=O) groups is 1. The number of fused-ring (bicyclic) bond motifs is 2. The highest BCUT2D eigenvalue weighted by atomic mass is 16.5. The molecule has 34 heavy (non-hydrogen) atoms. The van der Waals surface area contributed by atoms with Crippen LogP contribution in [0.25, 0.3) is 28.1 Å². The SMILES string of the molecule is CN=CC(C=N)C(=O)N1CCCC1CCOc1ccc2ncc(-c3cc4ccccc4o3)n2n1. The molecule has 0 saturated carbocycles. The molecule has 0 radical (unpaired) electrons. The third kappa shape index (κ3) is 4.16. The Hall–Kier alpha value is -4.01. The number of hydrogen-bond donors (Lipinski definition) is 1. The van der Waals surface area contributed by atoms with Gasteiger partial charge in [-0.25, -0.2) is 9.50 Å². The minimum Gasteiger partial charge on any atom is -0.477 e. The Morgan fingerprint density at radius 3 is 3.06 bits per heavy atom. The number of ether oxygens (including phenoxy) is 1. The van der Waals surface area contributed by atoms with Crippen molar-refractivity contribution < 1.29 is 13.9 Å². The van der Waals surface area contributed by atoms with E-state index in [1.165, 1.54) is 6.21 Å². The van der Waals surface area contributed by atoms with Crippen LogP contribution in [0.2, 0.25) is 0 Å². The molecule has 1 aliphatic heterocycles. The van der Waals surface area contributed by atoms with Gasteiger partial charge in [-0.05, 0) is 31.0 Å². The number of amides is 1. The number of para-hydroxylation sites is 1. The van der Waals surface area contributed by atoms with Crippen LogP contribution in [0, 0.1) is 11.3 Å². The topological polar surface area (TPSA) is 109 Å². The molecule has 174 valence electrons. The third-order valence-corrected chi connectivity index (χ3v) is 6.15. The highest BCUT2D eigenvalue weighted by Crippen LogP contribution is 2.28. The van der Waals surface area contributed by atoms with Crippen LogP contribution in [0.5, 0.6) is 5.88 Å². The quantitative estimate of drug-likeness (QED) is 0.403. The fraction of sp³-hybridized carbons (Fsp3) is 0.320. The predicted molar refractivity (Wildman–Crippen MR) is 130 cm³/mol. The van der Waals surface area contributed by atoms with Crippen LogP contribution in [0.3, 0.4) is 0 Å². The van der Waals surface area contributed by atoms with Gasteiger partial charge < -0.3 is 19.5 Å². The maximum atomic E-state index is 12.8. The van der Waals surface area contributed by atoms with Crippen molar-refractivity contribution in [2.75, 3.05) is 20.2 Å². The summed E-state index contributed by atoms with van der Waals surface area (Å²) < 4.78 is 13.7. The molecule has 1 N–H and O–H groups in total. The largest absolute Gasteiger partial charge is 0.477 e. The van der Waals surface area contributed by atoms with E-state index in [0.29, 0.717) is 36.9 Å². The minimum absolute atomic E-state index is 0.0727. The molecule has 1 amide bonds. The van der Waals surface area contributed by atoms with E-state index in [9.17, 15) is 4.79 Å². The van der Waals surface area contributed by atoms with E-state index in [-0.39, 0.29) is 11.9 Å². The van der Waals surface area contributed by atoms with Gasteiger partial charge in [-0.15, -0.1) is 5.10 Å². The number of benzene rings is 1. The number of likely N-dealkylation sites (tertiary alicyclic amines) is 1. The lowest BCUT2D eigenvalue weighted by Gasteiger charge is -2.26. The highest BCUT2D eigenvalue weighted by molar-refractivity contribution is 6.07. The minimum atomic E-state index is -0.603. The number of imidazole rings is 1. The summed E-state index contributed by atoms with van der Waals surface area (Å²) >= 11 is 0. The second-order valence-electron chi connectivity index (χ2n) is 8.30. The van der Waals surface area contributed by atoms with Gasteiger partial charge in [0.25, 0.3) is 0 Å². The third-order valence-electron chi connectivity index (χ3n) is 6.15. The lowest BCUT2D eigenvalue weighted by Crippen LogP contribution is -2.41. The average Bonchev–Trinajstić information content (AvgIpc) is 3.59. The van der Waals surface area contributed by atoms with Crippen molar-refractivity contribution in [3.63, 3.8) is 0 Å². The summed E-state index contributed by atoms with van der Waals surface area (Å²) in [6, 6.07) is 13.6. The summed E-state index contributed by atoms with van der Waals surface area (Å²) in [5, 5.41) is 13.2. The van der Waals surface area contributed by atoms with Crippen LogP contribution in [-0.2, 0) is 4.79 Å². The molecule has 1 fully saturated rings. The molecule has 0 bridgehead atoms. The molecule has 4 aromatic rings. The van der Waals surface area contributed by atoms with Crippen molar-refractivity contribution in [2.24, 2.45) is 10.9 Å². The number of carbonyl (C=O) groups excluding carboxylic acids is 1. The summed E-state index contributed by atoms with van der Waals surface area (Å²) in [4.78, 5) is 23.0. The van der Waals surface area contributed by atoms with Crippen molar-refractivity contribution in [3.05, 3.63) is 48.7 Å². The average molecular weight is 459 g/mol. The van der Waals surface area contributed by atoms with Crippen LogP contribution < -0.4 is 4.74 Å². The number of nitrogens with zero attached hydrogens (tertiary/aromatic N) is 5.